The molecule has 0 radical (unpaired) electrons. The highest BCUT2D eigenvalue weighted by Crippen LogP contribution is 2.01. The summed E-state index contributed by atoms with van der Waals surface area (Å²) in [6.45, 7) is 4.72. The number of aliphatic hydroxyl groups is 1. The lowest BCUT2D eigenvalue weighted by molar-refractivity contribution is 0.187. The fourth-order valence-corrected chi connectivity index (χ4v) is 0.772. The van der Waals surface area contributed by atoms with Crippen LogP contribution in [0.1, 0.15) is 19.5 Å². The van der Waals surface area contributed by atoms with E-state index in [-0.39, 0.29) is 12.1 Å². The number of hydrogen-bond acceptors (Lipinski definition) is 3. The van der Waals surface area contributed by atoms with Crippen LogP contribution in [0.2, 0.25) is 0 Å². The van der Waals surface area contributed by atoms with E-state index in [0.717, 1.165) is 5.69 Å². The van der Waals surface area contributed by atoms with Crippen LogP contribution >= 0.6 is 0 Å². The van der Waals surface area contributed by atoms with Gasteiger partial charge in [-0.15, -0.1) is 0 Å². The zero-order valence-corrected chi connectivity index (χ0v) is 7.46. The molecule has 1 aromatic rings. The van der Waals surface area contributed by atoms with Crippen molar-refractivity contribution in [1.82, 2.24) is 15.3 Å². The molecule has 1 rings (SSSR count). The van der Waals surface area contributed by atoms with Crippen molar-refractivity contribution in [3.63, 3.8) is 0 Å². The lowest BCUT2D eigenvalue weighted by Gasteiger charge is -2.22. The molecule has 0 atom stereocenters. The van der Waals surface area contributed by atoms with Gasteiger partial charge in [0.05, 0.1) is 12.9 Å². The molecule has 0 aliphatic rings. The molecule has 1 aromatic heterocycles. The van der Waals surface area contributed by atoms with Gasteiger partial charge in [0.1, 0.15) is 0 Å². The molecule has 0 amide bonds. The van der Waals surface area contributed by atoms with E-state index in [9.17, 15) is 0 Å². The molecule has 12 heavy (non-hydrogen) atoms. The first kappa shape index (κ1) is 9.22. The van der Waals surface area contributed by atoms with E-state index >= 15 is 0 Å². The molecule has 0 aromatic carbocycles. The largest absolute Gasteiger partial charge is 0.394 e. The maximum absolute atomic E-state index is 8.93. The van der Waals surface area contributed by atoms with Gasteiger partial charge in [-0.1, -0.05) is 0 Å². The maximum Gasteiger partial charge on any atom is 0.0922 e. The Labute approximate surface area is 72.0 Å². The zero-order chi connectivity index (χ0) is 9.03. The van der Waals surface area contributed by atoms with Crippen molar-refractivity contribution in [2.45, 2.75) is 25.9 Å². The molecule has 0 aliphatic carbocycles. The normalized spacial score (nSPS) is 11.9. The van der Waals surface area contributed by atoms with E-state index in [0.29, 0.717) is 6.54 Å². The SMILES string of the molecule is CC(C)(CO)NCc1cnc[nH]1. The van der Waals surface area contributed by atoms with E-state index in [2.05, 4.69) is 15.3 Å². The van der Waals surface area contributed by atoms with Crippen LogP contribution in [-0.4, -0.2) is 27.2 Å². The van der Waals surface area contributed by atoms with Gasteiger partial charge >= 0.3 is 0 Å². The van der Waals surface area contributed by atoms with Gasteiger partial charge in [0.25, 0.3) is 0 Å². The number of H-pyrrole nitrogens is 1. The van der Waals surface area contributed by atoms with Crippen molar-refractivity contribution in [3.8, 4) is 0 Å². The first-order valence-electron chi connectivity index (χ1n) is 3.97. The fourth-order valence-electron chi connectivity index (χ4n) is 0.772. The summed E-state index contributed by atoms with van der Waals surface area (Å²) < 4.78 is 0. The molecule has 4 nitrogen and oxygen atoms in total. The molecular formula is C8H15N3O. The predicted octanol–water partition coefficient (Wildman–Crippen LogP) is 0.270. The summed E-state index contributed by atoms with van der Waals surface area (Å²) in [5, 5.41) is 12.1. The zero-order valence-electron chi connectivity index (χ0n) is 7.46. The van der Waals surface area contributed by atoms with E-state index in [1.807, 2.05) is 13.8 Å². The summed E-state index contributed by atoms with van der Waals surface area (Å²) in [5.41, 5.74) is 0.794. The van der Waals surface area contributed by atoms with Crippen molar-refractivity contribution >= 4 is 0 Å². The first-order valence-corrected chi connectivity index (χ1v) is 3.97. The van der Waals surface area contributed by atoms with Crippen LogP contribution in [0.5, 0.6) is 0 Å². The maximum atomic E-state index is 8.93. The van der Waals surface area contributed by atoms with Crippen molar-refractivity contribution < 1.29 is 5.11 Å². The first-order chi connectivity index (χ1) is 5.64. The highest BCUT2D eigenvalue weighted by Gasteiger charge is 2.14. The molecule has 0 fully saturated rings. The van der Waals surface area contributed by atoms with Crippen molar-refractivity contribution in [2.75, 3.05) is 6.61 Å². The minimum absolute atomic E-state index is 0.126. The molecule has 3 N–H and O–H groups in total. The number of aromatic amines is 1. The monoisotopic (exact) mass is 169 g/mol. The molecular weight excluding hydrogens is 154 g/mol. The van der Waals surface area contributed by atoms with Crippen LogP contribution in [0.25, 0.3) is 0 Å². The molecule has 0 unspecified atom stereocenters. The Morgan fingerprint density at radius 1 is 1.67 bits per heavy atom. The summed E-state index contributed by atoms with van der Waals surface area (Å²) in [5.74, 6) is 0. The lowest BCUT2D eigenvalue weighted by atomic mass is 10.1. The summed E-state index contributed by atoms with van der Waals surface area (Å²) in [4.78, 5) is 6.87. The Morgan fingerprint density at radius 2 is 2.42 bits per heavy atom. The number of nitrogens with zero attached hydrogens (tertiary/aromatic N) is 1. The summed E-state index contributed by atoms with van der Waals surface area (Å²) in [6, 6.07) is 0. The average Bonchev–Trinajstić information content (AvgIpc) is 2.53. The van der Waals surface area contributed by atoms with E-state index in [4.69, 9.17) is 5.11 Å². The number of imidazole rings is 1. The van der Waals surface area contributed by atoms with Gasteiger partial charge < -0.3 is 15.4 Å². The van der Waals surface area contributed by atoms with Gasteiger partial charge in [-0.2, -0.15) is 0 Å². The summed E-state index contributed by atoms with van der Waals surface area (Å²) in [6.07, 6.45) is 3.41. The number of nitrogens with one attached hydrogen (secondary N) is 2. The van der Waals surface area contributed by atoms with Crippen molar-refractivity contribution in [2.24, 2.45) is 0 Å². The lowest BCUT2D eigenvalue weighted by Crippen LogP contribution is -2.42. The predicted molar refractivity (Wildman–Crippen MR) is 46.6 cm³/mol. The summed E-state index contributed by atoms with van der Waals surface area (Å²) in [7, 11) is 0. The number of aromatic nitrogens is 2. The van der Waals surface area contributed by atoms with Crippen molar-refractivity contribution in [3.05, 3.63) is 18.2 Å². The van der Waals surface area contributed by atoms with Gasteiger partial charge in [-0.25, -0.2) is 4.98 Å². The van der Waals surface area contributed by atoms with Crippen LogP contribution < -0.4 is 5.32 Å². The van der Waals surface area contributed by atoms with Crippen LogP contribution in [0, 0.1) is 0 Å². The van der Waals surface area contributed by atoms with E-state index in [1.54, 1.807) is 12.5 Å². The second-order valence-corrected chi connectivity index (χ2v) is 3.47. The standard InChI is InChI=1S/C8H15N3O/c1-8(2,5-12)11-4-7-3-9-6-10-7/h3,6,11-12H,4-5H2,1-2H3,(H,9,10). The number of hydrogen-bond donors (Lipinski definition) is 3. The van der Waals surface area contributed by atoms with Crippen LogP contribution in [0.4, 0.5) is 0 Å². The molecule has 0 saturated carbocycles. The van der Waals surface area contributed by atoms with E-state index in [1.165, 1.54) is 0 Å². The second kappa shape index (κ2) is 3.69. The Balaban J connectivity index is 2.36. The van der Waals surface area contributed by atoms with Gasteiger partial charge in [-0.05, 0) is 13.8 Å². The molecule has 0 spiro atoms. The Kier molecular flexibility index (Phi) is 2.83. The number of rotatable bonds is 4. The van der Waals surface area contributed by atoms with Crippen LogP contribution in [0.15, 0.2) is 12.5 Å². The molecule has 0 saturated heterocycles. The molecule has 0 aliphatic heterocycles. The average molecular weight is 169 g/mol. The minimum atomic E-state index is -0.231. The molecule has 0 bridgehead atoms. The number of aliphatic hydroxyl groups excluding tert-OH is 1. The molecule has 68 valence electrons. The minimum Gasteiger partial charge on any atom is -0.394 e. The highest BCUT2D eigenvalue weighted by atomic mass is 16.3. The van der Waals surface area contributed by atoms with Crippen LogP contribution in [-0.2, 0) is 6.54 Å². The Bertz CT molecular complexity index is 218. The van der Waals surface area contributed by atoms with Crippen molar-refractivity contribution in [1.29, 1.82) is 0 Å². The van der Waals surface area contributed by atoms with Gasteiger partial charge in [-0.3, -0.25) is 0 Å². The second-order valence-electron chi connectivity index (χ2n) is 3.47. The Hall–Kier alpha value is -0.870. The van der Waals surface area contributed by atoms with E-state index < -0.39 is 0 Å². The molecule has 1 heterocycles. The third-order valence-electron chi connectivity index (χ3n) is 1.71. The Morgan fingerprint density at radius 3 is 2.92 bits per heavy atom. The van der Waals surface area contributed by atoms with Crippen LogP contribution in [0.3, 0.4) is 0 Å². The quantitative estimate of drug-likeness (QED) is 0.606. The van der Waals surface area contributed by atoms with Gasteiger partial charge in [0, 0.05) is 24.0 Å². The smallest absolute Gasteiger partial charge is 0.0922 e. The molecule has 4 heteroatoms. The van der Waals surface area contributed by atoms with Gasteiger partial charge in [0.15, 0.2) is 0 Å². The summed E-state index contributed by atoms with van der Waals surface area (Å²) >= 11 is 0. The third-order valence-corrected chi connectivity index (χ3v) is 1.71. The fraction of sp³-hybridized carbons (Fsp3) is 0.625. The third kappa shape index (κ3) is 2.64. The highest BCUT2D eigenvalue weighted by molar-refractivity contribution is 4.94. The van der Waals surface area contributed by atoms with Gasteiger partial charge in [0.2, 0.25) is 0 Å². The topological polar surface area (TPSA) is 60.9 Å².